The molecule has 1 atom stereocenters. The summed E-state index contributed by atoms with van der Waals surface area (Å²) >= 11 is 0. The maximum absolute atomic E-state index is 13.7. The largest absolute Gasteiger partial charge is 0.363 e. The number of morpholine rings is 1. The summed E-state index contributed by atoms with van der Waals surface area (Å²) in [4.78, 5) is 16.6. The molecule has 2 aliphatic heterocycles. The first-order valence-corrected chi connectivity index (χ1v) is 10.0. The molecule has 1 amide bonds. The van der Waals surface area contributed by atoms with Gasteiger partial charge in [-0.3, -0.25) is 9.69 Å². The average molecular weight is 382 g/mol. The van der Waals surface area contributed by atoms with Crippen LogP contribution in [0.1, 0.15) is 30.4 Å². The molecule has 0 saturated carbocycles. The summed E-state index contributed by atoms with van der Waals surface area (Å²) in [6, 6.07) is 14.8. The molecule has 0 bridgehead atoms. The molecule has 2 heterocycles. The Morgan fingerprint density at radius 2 is 1.96 bits per heavy atom. The van der Waals surface area contributed by atoms with Gasteiger partial charge in [-0.15, -0.1) is 0 Å². The summed E-state index contributed by atoms with van der Waals surface area (Å²) in [7, 11) is 0. The molecule has 1 unspecified atom stereocenters. The van der Waals surface area contributed by atoms with Gasteiger partial charge in [0.2, 0.25) is 0 Å². The summed E-state index contributed by atoms with van der Waals surface area (Å²) < 4.78 is 19.8. The fourth-order valence-electron chi connectivity index (χ4n) is 4.31. The summed E-state index contributed by atoms with van der Waals surface area (Å²) in [6.07, 6.45) is 2.81. The molecule has 2 saturated heterocycles. The van der Waals surface area contributed by atoms with Crippen LogP contribution in [0.15, 0.2) is 48.5 Å². The van der Waals surface area contributed by atoms with E-state index in [0.717, 1.165) is 38.9 Å². The van der Waals surface area contributed by atoms with Gasteiger partial charge in [0.05, 0.1) is 12.1 Å². The number of carbonyl (C=O) groups is 1. The number of ether oxygens (including phenoxy) is 1. The van der Waals surface area contributed by atoms with E-state index in [1.54, 1.807) is 17.0 Å². The summed E-state index contributed by atoms with van der Waals surface area (Å²) in [5, 5.41) is 0. The van der Waals surface area contributed by atoms with Gasteiger partial charge < -0.3 is 9.64 Å². The van der Waals surface area contributed by atoms with E-state index in [4.69, 9.17) is 4.74 Å². The third kappa shape index (κ3) is 4.10. The van der Waals surface area contributed by atoms with Crippen molar-refractivity contribution in [3.05, 3.63) is 65.5 Å². The highest BCUT2D eigenvalue weighted by Crippen LogP contribution is 2.33. The molecular weight excluding hydrogens is 355 g/mol. The Balaban J connectivity index is 1.46. The number of benzene rings is 2. The van der Waals surface area contributed by atoms with Crippen molar-refractivity contribution in [1.29, 1.82) is 0 Å². The topological polar surface area (TPSA) is 32.8 Å². The van der Waals surface area contributed by atoms with E-state index >= 15 is 0 Å². The normalized spacial score (nSPS) is 23.8. The number of anilines is 1. The van der Waals surface area contributed by atoms with E-state index in [1.807, 2.05) is 0 Å². The van der Waals surface area contributed by atoms with E-state index in [2.05, 4.69) is 36.1 Å². The first kappa shape index (κ1) is 19.1. The highest BCUT2D eigenvalue weighted by Gasteiger charge is 2.41. The average Bonchev–Trinajstić information content (AvgIpc) is 2.88. The van der Waals surface area contributed by atoms with Crippen molar-refractivity contribution in [2.75, 3.05) is 31.1 Å². The Morgan fingerprint density at radius 3 is 2.79 bits per heavy atom. The third-order valence-electron chi connectivity index (χ3n) is 6.01. The molecule has 0 radical (unpaired) electrons. The zero-order valence-electron chi connectivity index (χ0n) is 16.4. The SMILES string of the molecule is Cc1ccccc1CN1CCCC2(CC1)CN(c1cccc(F)c1)C(=O)CO2. The van der Waals surface area contributed by atoms with Crippen molar-refractivity contribution < 1.29 is 13.9 Å². The molecule has 5 heteroatoms. The van der Waals surface area contributed by atoms with Gasteiger partial charge >= 0.3 is 0 Å². The van der Waals surface area contributed by atoms with Gasteiger partial charge in [0.15, 0.2) is 0 Å². The molecule has 2 fully saturated rings. The van der Waals surface area contributed by atoms with Crippen LogP contribution in [-0.2, 0) is 16.1 Å². The van der Waals surface area contributed by atoms with Crippen LogP contribution in [0.25, 0.3) is 0 Å². The van der Waals surface area contributed by atoms with Crippen molar-refractivity contribution in [2.24, 2.45) is 0 Å². The van der Waals surface area contributed by atoms with Gasteiger partial charge in [-0.1, -0.05) is 30.3 Å². The van der Waals surface area contributed by atoms with Gasteiger partial charge in [0.25, 0.3) is 5.91 Å². The number of halogens is 1. The number of hydrogen-bond acceptors (Lipinski definition) is 3. The zero-order chi connectivity index (χ0) is 19.6. The van der Waals surface area contributed by atoms with Crippen molar-refractivity contribution in [2.45, 2.75) is 38.3 Å². The molecule has 2 aromatic rings. The maximum Gasteiger partial charge on any atom is 0.253 e. The molecule has 0 aliphatic carbocycles. The highest BCUT2D eigenvalue weighted by molar-refractivity contribution is 5.95. The second-order valence-corrected chi connectivity index (χ2v) is 7.99. The van der Waals surface area contributed by atoms with Crippen LogP contribution in [0, 0.1) is 12.7 Å². The van der Waals surface area contributed by atoms with Gasteiger partial charge in [-0.2, -0.15) is 0 Å². The van der Waals surface area contributed by atoms with Crippen LogP contribution < -0.4 is 4.90 Å². The Kier molecular flexibility index (Phi) is 5.47. The van der Waals surface area contributed by atoms with Crippen LogP contribution in [0.2, 0.25) is 0 Å². The second-order valence-electron chi connectivity index (χ2n) is 7.99. The molecule has 28 heavy (non-hydrogen) atoms. The van der Waals surface area contributed by atoms with Crippen molar-refractivity contribution in [3.63, 3.8) is 0 Å². The molecule has 148 valence electrons. The fourth-order valence-corrected chi connectivity index (χ4v) is 4.31. The molecular formula is C23H27FN2O2. The zero-order valence-corrected chi connectivity index (χ0v) is 16.4. The van der Waals surface area contributed by atoms with Crippen molar-refractivity contribution >= 4 is 11.6 Å². The summed E-state index contributed by atoms with van der Waals surface area (Å²) in [5.74, 6) is -0.423. The predicted octanol–water partition coefficient (Wildman–Crippen LogP) is 3.92. The molecule has 1 spiro atoms. The monoisotopic (exact) mass is 382 g/mol. The number of hydrogen-bond donors (Lipinski definition) is 0. The lowest BCUT2D eigenvalue weighted by molar-refractivity contribution is -0.140. The van der Waals surface area contributed by atoms with E-state index in [9.17, 15) is 9.18 Å². The first-order chi connectivity index (χ1) is 13.5. The standard InChI is InChI=1S/C23H27FN2O2/c1-18-6-2-3-7-19(18)15-25-12-5-10-23(11-13-25)17-26(22(27)16-28-23)21-9-4-8-20(24)14-21/h2-4,6-9,14H,5,10-13,15-17H2,1H3. The van der Waals surface area contributed by atoms with Gasteiger partial charge in [-0.05, 0) is 62.1 Å². The molecule has 4 nitrogen and oxygen atoms in total. The smallest absolute Gasteiger partial charge is 0.253 e. The van der Waals surface area contributed by atoms with E-state index in [-0.39, 0.29) is 23.9 Å². The Morgan fingerprint density at radius 1 is 1.11 bits per heavy atom. The number of amides is 1. The van der Waals surface area contributed by atoms with Crippen LogP contribution in [0.5, 0.6) is 0 Å². The number of nitrogens with zero attached hydrogens (tertiary/aromatic N) is 2. The Hall–Kier alpha value is -2.24. The van der Waals surface area contributed by atoms with E-state index in [0.29, 0.717) is 12.2 Å². The van der Waals surface area contributed by atoms with Crippen molar-refractivity contribution in [1.82, 2.24) is 4.90 Å². The fraction of sp³-hybridized carbons (Fsp3) is 0.435. The summed E-state index contributed by atoms with van der Waals surface area (Å²) in [6.45, 7) is 5.60. The van der Waals surface area contributed by atoms with Gasteiger partial charge in [0.1, 0.15) is 12.4 Å². The van der Waals surface area contributed by atoms with Crippen LogP contribution >= 0.6 is 0 Å². The molecule has 2 aromatic carbocycles. The predicted molar refractivity (Wildman–Crippen MR) is 108 cm³/mol. The number of rotatable bonds is 3. The Bertz CT molecular complexity index is 856. The van der Waals surface area contributed by atoms with Gasteiger partial charge in [-0.25, -0.2) is 4.39 Å². The molecule has 0 N–H and O–H groups in total. The summed E-state index contributed by atoms with van der Waals surface area (Å²) in [5.41, 5.74) is 2.95. The second kappa shape index (κ2) is 8.02. The number of carbonyl (C=O) groups excluding carboxylic acids is 1. The lowest BCUT2D eigenvalue weighted by Crippen LogP contribution is -2.55. The minimum absolute atomic E-state index is 0.0638. The van der Waals surface area contributed by atoms with E-state index < -0.39 is 0 Å². The number of likely N-dealkylation sites (tertiary alicyclic amines) is 1. The minimum atomic E-state index is -0.347. The van der Waals surface area contributed by atoms with Crippen LogP contribution in [-0.4, -0.2) is 42.6 Å². The quantitative estimate of drug-likeness (QED) is 0.807. The third-order valence-corrected chi connectivity index (χ3v) is 6.01. The maximum atomic E-state index is 13.7. The van der Waals surface area contributed by atoms with Gasteiger partial charge in [0, 0.05) is 18.8 Å². The molecule has 0 aromatic heterocycles. The Labute approximate surface area is 165 Å². The minimum Gasteiger partial charge on any atom is -0.363 e. The van der Waals surface area contributed by atoms with Crippen LogP contribution in [0.4, 0.5) is 10.1 Å². The van der Waals surface area contributed by atoms with Crippen molar-refractivity contribution in [3.8, 4) is 0 Å². The lowest BCUT2D eigenvalue weighted by atomic mass is 9.92. The highest BCUT2D eigenvalue weighted by atomic mass is 19.1. The van der Waals surface area contributed by atoms with E-state index in [1.165, 1.54) is 23.3 Å². The lowest BCUT2D eigenvalue weighted by Gasteiger charge is -2.42. The number of aryl methyl sites for hydroxylation is 1. The first-order valence-electron chi connectivity index (χ1n) is 10.0. The molecule has 4 rings (SSSR count). The molecule has 2 aliphatic rings. The van der Waals surface area contributed by atoms with Crippen LogP contribution in [0.3, 0.4) is 0 Å².